The molecule has 0 saturated carbocycles. The Morgan fingerprint density at radius 1 is 1.23 bits per heavy atom. The second kappa shape index (κ2) is 7.02. The number of nitrogens with one attached hydrogen (secondary N) is 1. The predicted molar refractivity (Wildman–Crippen MR) is 108 cm³/mol. The lowest BCUT2D eigenvalue weighted by atomic mass is 9.87. The number of nitriles is 1. The van der Waals surface area contributed by atoms with Gasteiger partial charge in [0.25, 0.3) is 5.91 Å². The fourth-order valence-corrected chi connectivity index (χ4v) is 4.17. The second-order valence-corrected chi connectivity index (χ2v) is 9.34. The van der Waals surface area contributed by atoms with Crippen molar-refractivity contribution in [2.75, 3.05) is 20.1 Å². The third-order valence-electron chi connectivity index (χ3n) is 5.74. The van der Waals surface area contributed by atoms with Crippen molar-refractivity contribution in [2.24, 2.45) is 5.41 Å². The summed E-state index contributed by atoms with van der Waals surface area (Å²) in [4.78, 5) is 41.0. The van der Waals surface area contributed by atoms with E-state index in [1.807, 2.05) is 6.07 Å². The zero-order valence-corrected chi connectivity index (χ0v) is 17.8. The lowest BCUT2D eigenvalue weighted by Gasteiger charge is -2.37. The highest BCUT2D eigenvalue weighted by Crippen LogP contribution is 2.30. The van der Waals surface area contributed by atoms with E-state index in [0.717, 1.165) is 5.82 Å². The third-order valence-corrected chi connectivity index (χ3v) is 5.74. The van der Waals surface area contributed by atoms with Crippen LogP contribution in [-0.4, -0.2) is 66.9 Å². The van der Waals surface area contributed by atoms with Crippen LogP contribution in [0.4, 0.5) is 4.79 Å². The van der Waals surface area contributed by atoms with Crippen molar-refractivity contribution in [2.45, 2.75) is 52.2 Å². The van der Waals surface area contributed by atoms with Crippen molar-refractivity contribution in [3.63, 3.8) is 0 Å². The lowest BCUT2D eigenvalue weighted by molar-refractivity contribution is -0.132. The molecule has 10 heteroatoms. The van der Waals surface area contributed by atoms with E-state index in [1.165, 1.54) is 11.9 Å². The van der Waals surface area contributed by atoms with Crippen LogP contribution in [0.3, 0.4) is 0 Å². The molecule has 2 aromatic rings. The number of urea groups is 1. The van der Waals surface area contributed by atoms with Crippen molar-refractivity contribution in [1.29, 1.82) is 5.26 Å². The maximum absolute atomic E-state index is 12.5. The molecule has 2 fully saturated rings. The smallest absolute Gasteiger partial charge is 0.323 e. The van der Waals surface area contributed by atoms with Gasteiger partial charge in [0.2, 0.25) is 5.82 Å². The van der Waals surface area contributed by atoms with Gasteiger partial charge in [-0.25, -0.2) is 14.8 Å². The summed E-state index contributed by atoms with van der Waals surface area (Å²) in [6, 6.07) is 1.67. The summed E-state index contributed by atoms with van der Waals surface area (Å²) in [6.45, 7) is 9.08. The van der Waals surface area contributed by atoms with E-state index in [-0.39, 0.29) is 23.2 Å². The normalized spacial score (nSPS) is 19.5. The van der Waals surface area contributed by atoms with Crippen molar-refractivity contribution in [3.05, 3.63) is 17.8 Å². The Morgan fingerprint density at radius 3 is 2.50 bits per heavy atom. The van der Waals surface area contributed by atoms with Crippen LogP contribution in [-0.2, 0) is 17.9 Å². The topological polar surface area (TPSA) is 120 Å². The minimum atomic E-state index is -0.777. The first-order valence-corrected chi connectivity index (χ1v) is 10.1. The molecule has 158 valence electrons. The summed E-state index contributed by atoms with van der Waals surface area (Å²) in [5, 5.41) is 12.0. The number of carbonyl (C=O) groups excluding carboxylic acids is 2. The van der Waals surface area contributed by atoms with Gasteiger partial charge >= 0.3 is 6.03 Å². The Hall–Kier alpha value is -3.06. The fraction of sp³-hybridized carbons (Fsp3) is 0.600. The highest BCUT2D eigenvalue weighted by Gasteiger charge is 2.50. The number of amides is 3. The number of piperidine rings is 1. The van der Waals surface area contributed by atoms with E-state index < -0.39 is 5.54 Å². The number of nitrogens with zero attached hydrogens (tertiary/aromatic N) is 7. The van der Waals surface area contributed by atoms with Gasteiger partial charge in [-0.15, -0.1) is 0 Å². The number of hydrogen-bond donors (Lipinski definition) is 1. The Morgan fingerprint density at radius 2 is 1.93 bits per heavy atom. The highest BCUT2D eigenvalue weighted by atomic mass is 16.2. The molecule has 1 spiro atoms. The second-order valence-electron chi connectivity index (χ2n) is 9.34. The van der Waals surface area contributed by atoms with Gasteiger partial charge in [0.1, 0.15) is 22.9 Å². The van der Waals surface area contributed by atoms with Gasteiger partial charge < -0.3 is 9.88 Å². The lowest BCUT2D eigenvalue weighted by Crippen LogP contribution is -2.54. The zero-order valence-electron chi connectivity index (χ0n) is 17.8. The summed E-state index contributed by atoms with van der Waals surface area (Å²) >= 11 is 0. The van der Waals surface area contributed by atoms with Gasteiger partial charge in [-0.05, 0) is 18.3 Å². The van der Waals surface area contributed by atoms with Gasteiger partial charge in [-0.3, -0.25) is 14.6 Å². The molecule has 30 heavy (non-hydrogen) atoms. The van der Waals surface area contributed by atoms with Crippen LogP contribution in [0.2, 0.25) is 0 Å². The van der Waals surface area contributed by atoms with E-state index in [9.17, 15) is 14.9 Å². The molecule has 0 aliphatic carbocycles. The summed E-state index contributed by atoms with van der Waals surface area (Å²) in [5.41, 5.74) is 0.555. The van der Waals surface area contributed by atoms with Crippen LogP contribution in [0.5, 0.6) is 0 Å². The van der Waals surface area contributed by atoms with Gasteiger partial charge in [-0.2, -0.15) is 10.2 Å². The summed E-state index contributed by atoms with van der Waals surface area (Å²) in [7, 11) is 1.52. The molecular formula is C20H26N8O2. The number of imidazole rings is 1. The van der Waals surface area contributed by atoms with Crippen LogP contribution < -0.4 is 5.32 Å². The third kappa shape index (κ3) is 3.50. The van der Waals surface area contributed by atoms with Crippen molar-refractivity contribution >= 4 is 23.1 Å². The first-order valence-electron chi connectivity index (χ1n) is 10.1. The Bertz CT molecular complexity index is 1050. The molecule has 0 radical (unpaired) electrons. The molecule has 2 saturated heterocycles. The molecule has 1 N–H and O–H groups in total. The maximum atomic E-state index is 12.5. The number of imide groups is 1. The molecule has 2 aliphatic heterocycles. The van der Waals surface area contributed by atoms with E-state index in [4.69, 9.17) is 4.98 Å². The van der Waals surface area contributed by atoms with Crippen LogP contribution in [0.15, 0.2) is 6.20 Å². The minimum absolute atomic E-state index is 0.00275. The summed E-state index contributed by atoms with van der Waals surface area (Å²) < 4.78 is 2.07. The van der Waals surface area contributed by atoms with Gasteiger partial charge in [0.15, 0.2) is 5.65 Å². The van der Waals surface area contributed by atoms with E-state index >= 15 is 0 Å². The average Bonchev–Trinajstić information content (AvgIpc) is 3.12. The van der Waals surface area contributed by atoms with E-state index in [2.05, 4.69) is 45.5 Å². The Labute approximate surface area is 174 Å². The van der Waals surface area contributed by atoms with Gasteiger partial charge in [-0.1, -0.05) is 20.8 Å². The van der Waals surface area contributed by atoms with Gasteiger partial charge in [0, 0.05) is 26.7 Å². The van der Waals surface area contributed by atoms with Crippen LogP contribution in [0.1, 0.15) is 45.3 Å². The van der Waals surface area contributed by atoms with E-state index in [1.54, 1.807) is 6.20 Å². The number of aromatic nitrogens is 4. The number of fused-ring (bicyclic) bond motifs is 1. The first kappa shape index (κ1) is 20.2. The molecule has 4 rings (SSSR count). The molecule has 3 amide bonds. The first-order chi connectivity index (χ1) is 14.1. The molecule has 0 atom stereocenters. The molecular weight excluding hydrogens is 384 g/mol. The number of rotatable bonds is 3. The zero-order chi connectivity index (χ0) is 21.7. The number of carbonyl (C=O) groups is 2. The number of likely N-dealkylation sites (N-methyl/N-ethyl adjacent to an activating group) is 1. The van der Waals surface area contributed by atoms with Crippen LogP contribution >= 0.6 is 0 Å². The van der Waals surface area contributed by atoms with Crippen molar-refractivity contribution in [1.82, 2.24) is 34.6 Å². The largest absolute Gasteiger partial charge is 0.324 e. The van der Waals surface area contributed by atoms with Crippen molar-refractivity contribution < 1.29 is 9.59 Å². The predicted octanol–water partition coefficient (Wildman–Crippen LogP) is 1.26. The van der Waals surface area contributed by atoms with Crippen LogP contribution in [0, 0.1) is 16.7 Å². The number of hydrogen-bond acceptors (Lipinski definition) is 7. The molecule has 4 heterocycles. The van der Waals surface area contributed by atoms with E-state index in [0.29, 0.717) is 50.2 Å². The molecule has 0 bridgehead atoms. The molecule has 0 unspecified atom stereocenters. The number of likely N-dealkylation sites (tertiary alicyclic amines) is 1. The fourth-order valence-electron chi connectivity index (χ4n) is 4.17. The standard InChI is InChI=1S/C20H26N8O2/c1-19(2,3)12-28-15(23-13-10-22-14(9-21)24-16(13)28)11-27-7-5-20(6-8-27)17(29)26(4)18(30)25-20/h10H,5-8,11-12H2,1-4H3,(H,25,30). The quantitative estimate of drug-likeness (QED) is 0.756. The SMILES string of the molecule is CN1C(=O)NC2(CCN(Cc3nc4cnc(C#N)nc4n3CC(C)(C)C)CC2)C1=O. The minimum Gasteiger partial charge on any atom is -0.323 e. The molecule has 2 aromatic heterocycles. The summed E-state index contributed by atoms with van der Waals surface area (Å²) in [5.74, 6) is 0.842. The molecule has 10 nitrogen and oxygen atoms in total. The summed E-state index contributed by atoms with van der Waals surface area (Å²) in [6.07, 6.45) is 2.73. The highest BCUT2D eigenvalue weighted by molar-refractivity contribution is 6.06. The Balaban J connectivity index is 1.57. The van der Waals surface area contributed by atoms with Crippen LogP contribution in [0.25, 0.3) is 11.2 Å². The average molecular weight is 410 g/mol. The maximum Gasteiger partial charge on any atom is 0.324 e. The van der Waals surface area contributed by atoms with Gasteiger partial charge in [0.05, 0.1) is 12.7 Å². The monoisotopic (exact) mass is 410 g/mol. The Kier molecular flexibility index (Phi) is 4.73. The molecule has 2 aliphatic rings. The van der Waals surface area contributed by atoms with Crippen molar-refractivity contribution in [3.8, 4) is 6.07 Å². The molecule has 0 aromatic carbocycles.